The van der Waals surface area contributed by atoms with Gasteiger partial charge in [0.1, 0.15) is 11.5 Å². The molecule has 3 heterocycles. The lowest BCUT2D eigenvalue weighted by molar-refractivity contribution is -0.152. The number of piperidine rings is 2. The first-order valence-corrected chi connectivity index (χ1v) is 10.2. The molecule has 2 unspecified atom stereocenters. The Kier molecular flexibility index (Phi) is 6.42. The van der Waals surface area contributed by atoms with E-state index in [9.17, 15) is 14.4 Å². The van der Waals surface area contributed by atoms with Crippen LogP contribution in [0.25, 0.3) is 0 Å². The Morgan fingerprint density at radius 3 is 2.36 bits per heavy atom. The number of carbonyl (C=O) groups is 3. The molecule has 28 heavy (non-hydrogen) atoms. The van der Waals surface area contributed by atoms with Gasteiger partial charge in [-0.3, -0.25) is 14.4 Å². The van der Waals surface area contributed by atoms with Crippen LogP contribution >= 0.6 is 0 Å². The monoisotopic (exact) mass is 390 g/mol. The van der Waals surface area contributed by atoms with Crippen LogP contribution in [0, 0.1) is 25.7 Å². The number of carbonyl (C=O) groups excluding carboxylic acids is 3. The SMILES string of the molecule is CCOC(=O)C1CCCN(C(=O)C2CCCN(C(=O)c3cc(C)oc3C)C2)C1. The van der Waals surface area contributed by atoms with Crippen molar-refractivity contribution in [2.45, 2.75) is 46.5 Å². The number of amides is 2. The van der Waals surface area contributed by atoms with Crippen LogP contribution in [0.5, 0.6) is 0 Å². The Labute approximate surface area is 166 Å². The van der Waals surface area contributed by atoms with Gasteiger partial charge in [-0.15, -0.1) is 0 Å². The van der Waals surface area contributed by atoms with Crippen LogP contribution in [0.15, 0.2) is 10.5 Å². The lowest BCUT2D eigenvalue weighted by Crippen LogP contribution is -2.50. The highest BCUT2D eigenvalue weighted by atomic mass is 16.5. The maximum atomic E-state index is 13.1. The average molecular weight is 390 g/mol. The molecule has 1 aromatic rings. The van der Waals surface area contributed by atoms with Gasteiger partial charge >= 0.3 is 5.97 Å². The summed E-state index contributed by atoms with van der Waals surface area (Å²) in [5.41, 5.74) is 0.575. The van der Waals surface area contributed by atoms with E-state index in [4.69, 9.17) is 9.15 Å². The lowest BCUT2D eigenvalue weighted by Gasteiger charge is -2.37. The molecule has 0 N–H and O–H groups in total. The van der Waals surface area contributed by atoms with E-state index >= 15 is 0 Å². The minimum Gasteiger partial charge on any atom is -0.466 e. The minimum absolute atomic E-state index is 0.0478. The summed E-state index contributed by atoms with van der Waals surface area (Å²) < 4.78 is 10.6. The fourth-order valence-electron chi connectivity index (χ4n) is 4.26. The highest BCUT2D eigenvalue weighted by molar-refractivity contribution is 5.95. The zero-order valence-electron chi connectivity index (χ0n) is 17.0. The van der Waals surface area contributed by atoms with E-state index in [0.717, 1.165) is 25.7 Å². The quantitative estimate of drug-likeness (QED) is 0.738. The number of hydrogen-bond acceptors (Lipinski definition) is 5. The number of likely N-dealkylation sites (tertiary alicyclic amines) is 2. The van der Waals surface area contributed by atoms with Gasteiger partial charge < -0.3 is 19.0 Å². The fourth-order valence-corrected chi connectivity index (χ4v) is 4.26. The summed E-state index contributed by atoms with van der Waals surface area (Å²) in [6.45, 7) is 7.91. The summed E-state index contributed by atoms with van der Waals surface area (Å²) in [7, 11) is 0. The predicted octanol–water partition coefficient (Wildman–Crippen LogP) is 2.55. The van der Waals surface area contributed by atoms with Crippen molar-refractivity contribution in [2.24, 2.45) is 11.8 Å². The largest absolute Gasteiger partial charge is 0.466 e. The molecule has 0 bridgehead atoms. The number of hydrogen-bond donors (Lipinski definition) is 0. The summed E-state index contributed by atoms with van der Waals surface area (Å²) in [5.74, 6) is 0.628. The molecule has 7 nitrogen and oxygen atoms in total. The van der Waals surface area contributed by atoms with Gasteiger partial charge in [0.25, 0.3) is 5.91 Å². The van der Waals surface area contributed by atoms with Crippen molar-refractivity contribution in [1.82, 2.24) is 9.80 Å². The summed E-state index contributed by atoms with van der Waals surface area (Å²) in [5, 5.41) is 0. The molecule has 7 heteroatoms. The second kappa shape index (κ2) is 8.80. The summed E-state index contributed by atoms with van der Waals surface area (Å²) in [6.07, 6.45) is 3.13. The first-order chi connectivity index (χ1) is 13.4. The Morgan fingerprint density at radius 2 is 1.71 bits per heavy atom. The van der Waals surface area contributed by atoms with Crippen molar-refractivity contribution in [3.05, 3.63) is 23.2 Å². The molecular formula is C21H30N2O5. The normalized spacial score (nSPS) is 22.8. The third-order valence-corrected chi connectivity index (χ3v) is 5.68. The van der Waals surface area contributed by atoms with Gasteiger partial charge in [-0.05, 0) is 52.5 Å². The minimum atomic E-state index is -0.240. The van der Waals surface area contributed by atoms with Crippen LogP contribution < -0.4 is 0 Å². The van der Waals surface area contributed by atoms with Crippen molar-refractivity contribution in [2.75, 3.05) is 32.8 Å². The second-order valence-electron chi connectivity index (χ2n) is 7.79. The van der Waals surface area contributed by atoms with Gasteiger partial charge in [-0.1, -0.05) is 0 Å². The maximum absolute atomic E-state index is 13.1. The molecular weight excluding hydrogens is 360 g/mol. The lowest BCUT2D eigenvalue weighted by atomic mass is 9.92. The van der Waals surface area contributed by atoms with Gasteiger partial charge in [0.2, 0.25) is 5.91 Å². The fraction of sp³-hybridized carbons (Fsp3) is 0.667. The summed E-state index contributed by atoms with van der Waals surface area (Å²) in [6, 6.07) is 1.76. The second-order valence-corrected chi connectivity index (χ2v) is 7.79. The van der Waals surface area contributed by atoms with Crippen LogP contribution in [-0.2, 0) is 14.3 Å². The number of rotatable bonds is 4. The number of furan rings is 1. The molecule has 2 aliphatic heterocycles. The first kappa shape index (κ1) is 20.4. The Balaban J connectivity index is 1.63. The summed E-state index contributed by atoms with van der Waals surface area (Å²) >= 11 is 0. The molecule has 0 aliphatic carbocycles. The topological polar surface area (TPSA) is 80.1 Å². The molecule has 2 fully saturated rings. The zero-order chi connectivity index (χ0) is 20.3. The Morgan fingerprint density at radius 1 is 1.07 bits per heavy atom. The van der Waals surface area contributed by atoms with E-state index in [-0.39, 0.29) is 29.6 Å². The molecule has 2 amide bonds. The van der Waals surface area contributed by atoms with Crippen LogP contribution in [0.3, 0.4) is 0 Å². The van der Waals surface area contributed by atoms with Crippen LogP contribution in [-0.4, -0.2) is 60.4 Å². The van der Waals surface area contributed by atoms with E-state index in [1.54, 1.807) is 29.7 Å². The summed E-state index contributed by atoms with van der Waals surface area (Å²) in [4.78, 5) is 41.5. The van der Waals surface area contributed by atoms with E-state index in [0.29, 0.717) is 49.9 Å². The third-order valence-electron chi connectivity index (χ3n) is 5.68. The maximum Gasteiger partial charge on any atom is 0.310 e. The van der Waals surface area contributed by atoms with E-state index in [2.05, 4.69) is 0 Å². The van der Waals surface area contributed by atoms with Crippen molar-refractivity contribution < 1.29 is 23.5 Å². The van der Waals surface area contributed by atoms with Crippen molar-refractivity contribution in [3.8, 4) is 0 Å². The first-order valence-electron chi connectivity index (χ1n) is 10.2. The zero-order valence-corrected chi connectivity index (χ0v) is 17.0. The molecule has 3 rings (SSSR count). The van der Waals surface area contributed by atoms with Crippen LogP contribution in [0.1, 0.15) is 54.5 Å². The number of esters is 1. The van der Waals surface area contributed by atoms with Gasteiger partial charge in [-0.25, -0.2) is 0 Å². The number of nitrogens with zero attached hydrogens (tertiary/aromatic N) is 2. The van der Waals surface area contributed by atoms with E-state index in [1.807, 2.05) is 6.92 Å². The molecule has 1 aromatic heterocycles. The van der Waals surface area contributed by atoms with Crippen LogP contribution in [0.4, 0.5) is 0 Å². The highest BCUT2D eigenvalue weighted by Crippen LogP contribution is 2.25. The molecule has 2 saturated heterocycles. The Hall–Kier alpha value is -2.31. The predicted molar refractivity (Wildman–Crippen MR) is 103 cm³/mol. The van der Waals surface area contributed by atoms with Crippen molar-refractivity contribution >= 4 is 17.8 Å². The van der Waals surface area contributed by atoms with E-state index < -0.39 is 0 Å². The molecule has 154 valence electrons. The molecule has 2 atom stereocenters. The Bertz CT molecular complexity index is 741. The smallest absolute Gasteiger partial charge is 0.310 e. The standard InChI is InChI=1S/C21H30N2O5/c1-4-27-21(26)17-8-6-9-22(13-17)19(24)16-7-5-10-23(12-16)20(25)18-11-14(2)28-15(18)3/h11,16-17H,4-10,12-13H2,1-3H3. The van der Waals surface area contributed by atoms with E-state index in [1.165, 1.54) is 0 Å². The number of aryl methyl sites for hydroxylation is 2. The highest BCUT2D eigenvalue weighted by Gasteiger charge is 2.35. The molecule has 0 saturated carbocycles. The average Bonchev–Trinajstić information content (AvgIpc) is 3.05. The van der Waals surface area contributed by atoms with Crippen molar-refractivity contribution in [3.63, 3.8) is 0 Å². The molecule has 0 spiro atoms. The molecule has 0 radical (unpaired) electrons. The molecule has 2 aliphatic rings. The van der Waals surface area contributed by atoms with Gasteiger partial charge in [0.15, 0.2) is 0 Å². The third kappa shape index (κ3) is 4.39. The van der Waals surface area contributed by atoms with Crippen LogP contribution in [0.2, 0.25) is 0 Å². The number of ether oxygens (including phenoxy) is 1. The van der Waals surface area contributed by atoms with Gasteiger partial charge in [0.05, 0.1) is 24.0 Å². The van der Waals surface area contributed by atoms with Crippen molar-refractivity contribution in [1.29, 1.82) is 0 Å². The van der Waals surface area contributed by atoms with Gasteiger partial charge in [-0.2, -0.15) is 0 Å². The van der Waals surface area contributed by atoms with Gasteiger partial charge in [0, 0.05) is 26.2 Å². The molecule has 0 aromatic carbocycles.